The summed E-state index contributed by atoms with van der Waals surface area (Å²) in [5.41, 5.74) is 0.884. The number of carbonyl (C=O) groups excluding carboxylic acids is 1. The van der Waals surface area contributed by atoms with E-state index >= 15 is 0 Å². The van der Waals surface area contributed by atoms with Crippen LogP contribution in [0.5, 0.6) is 5.75 Å². The van der Waals surface area contributed by atoms with E-state index in [0.29, 0.717) is 17.5 Å². The number of nitrogens with one attached hydrogen (secondary N) is 2. The van der Waals surface area contributed by atoms with Gasteiger partial charge >= 0.3 is 0 Å². The van der Waals surface area contributed by atoms with E-state index in [4.69, 9.17) is 4.74 Å². The normalized spacial score (nSPS) is 15.2. The standard InChI is InChI=1S/C19H24N4O2/c1-25-17-11-7-6-10-15(17)23-19(24)16-12-21-18(13-20-16)22-14-8-4-2-3-5-9-14/h6-7,10-14H,2-5,8-9H2,1H3,(H,21,22)(H,23,24). The van der Waals surface area contributed by atoms with Crippen molar-refractivity contribution in [2.24, 2.45) is 0 Å². The first kappa shape index (κ1) is 17.2. The molecule has 0 unspecified atom stereocenters. The molecule has 0 saturated heterocycles. The van der Waals surface area contributed by atoms with Gasteiger partial charge in [0.2, 0.25) is 0 Å². The Morgan fingerprint density at radius 2 is 1.84 bits per heavy atom. The summed E-state index contributed by atoms with van der Waals surface area (Å²) in [6.07, 6.45) is 10.6. The Kier molecular flexibility index (Phi) is 5.82. The molecule has 0 aliphatic heterocycles. The SMILES string of the molecule is COc1ccccc1NC(=O)c1cnc(NC2CCCCCC2)cn1. The second kappa shape index (κ2) is 8.46. The predicted octanol–water partition coefficient (Wildman–Crippen LogP) is 3.87. The summed E-state index contributed by atoms with van der Waals surface area (Å²) in [5, 5.41) is 6.23. The van der Waals surface area contributed by atoms with Gasteiger partial charge in [0.1, 0.15) is 17.3 Å². The lowest BCUT2D eigenvalue weighted by atomic mass is 10.1. The molecule has 6 heteroatoms. The van der Waals surface area contributed by atoms with E-state index in [1.54, 1.807) is 25.4 Å². The summed E-state index contributed by atoms with van der Waals surface area (Å²) in [4.78, 5) is 20.9. The minimum atomic E-state index is -0.307. The van der Waals surface area contributed by atoms with Crippen LogP contribution in [0.3, 0.4) is 0 Å². The molecule has 2 N–H and O–H groups in total. The molecule has 1 aliphatic rings. The van der Waals surface area contributed by atoms with Crippen molar-refractivity contribution < 1.29 is 9.53 Å². The third-order valence-electron chi connectivity index (χ3n) is 4.45. The van der Waals surface area contributed by atoms with Crippen molar-refractivity contribution in [1.82, 2.24) is 9.97 Å². The van der Waals surface area contributed by atoms with Crippen molar-refractivity contribution >= 4 is 17.4 Å². The van der Waals surface area contributed by atoms with Gasteiger partial charge in [0.05, 0.1) is 25.2 Å². The zero-order valence-corrected chi connectivity index (χ0v) is 14.5. The molecule has 0 spiro atoms. The Morgan fingerprint density at radius 1 is 1.08 bits per heavy atom. The van der Waals surface area contributed by atoms with Gasteiger partial charge in [-0.15, -0.1) is 0 Å². The lowest BCUT2D eigenvalue weighted by Crippen LogP contribution is -2.20. The van der Waals surface area contributed by atoms with Crippen LogP contribution in [-0.4, -0.2) is 29.0 Å². The van der Waals surface area contributed by atoms with Gasteiger partial charge in [-0.1, -0.05) is 37.8 Å². The highest BCUT2D eigenvalue weighted by Crippen LogP contribution is 2.23. The second-order valence-electron chi connectivity index (χ2n) is 6.27. The van der Waals surface area contributed by atoms with Crippen molar-refractivity contribution in [2.75, 3.05) is 17.7 Å². The first-order chi connectivity index (χ1) is 12.3. The van der Waals surface area contributed by atoms with Crippen molar-refractivity contribution in [3.63, 3.8) is 0 Å². The Bertz CT molecular complexity index is 695. The monoisotopic (exact) mass is 340 g/mol. The summed E-state index contributed by atoms with van der Waals surface area (Å²) in [6.45, 7) is 0. The molecule has 0 radical (unpaired) electrons. The Labute approximate surface area is 148 Å². The fourth-order valence-corrected chi connectivity index (χ4v) is 3.09. The zero-order chi connectivity index (χ0) is 17.5. The number of rotatable bonds is 5. The number of amides is 1. The Hall–Kier alpha value is -2.63. The lowest BCUT2D eigenvalue weighted by Gasteiger charge is -2.16. The number of methoxy groups -OCH3 is 1. The second-order valence-corrected chi connectivity index (χ2v) is 6.27. The quantitative estimate of drug-likeness (QED) is 0.808. The van der Waals surface area contributed by atoms with Crippen LogP contribution in [0.15, 0.2) is 36.7 Å². The Balaban J connectivity index is 1.62. The highest BCUT2D eigenvalue weighted by Gasteiger charge is 2.14. The van der Waals surface area contributed by atoms with E-state index in [-0.39, 0.29) is 11.6 Å². The van der Waals surface area contributed by atoms with Gasteiger partial charge in [0.15, 0.2) is 0 Å². The molecule has 1 aliphatic carbocycles. The zero-order valence-electron chi connectivity index (χ0n) is 14.5. The van der Waals surface area contributed by atoms with Gasteiger partial charge in [-0.3, -0.25) is 4.79 Å². The number of para-hydroxylation sites is 2. The van der Waals surface area contributed by atoms with E-state index in [0.717, 1.165) is 18.7 Å². The van der Waals surface area contributed by atoms with Gasteiger partial charge in [0.25, 0.3) is 5.91 Å². The van der Waals surface area contributed by atoms with Gasteiger partial charge < -0.3 is 15.4 Å². The molecule has 25 heavy (non-hydrogen) atoms. The van der Waals surface area contributed by atoms with Crippen LogP contribution >= 0.6 is 0 Å². The number of nitrogens with zero attached hydrogens (tertiary/aromatic N) is 2. The molecule has 1 heterocycles. The first-order valence-electron chi connectivity index (χ1n) is 8.79. The summed E-state index contributed by atoms with van der Waals surface area (Å²) in [7, 11) is 1.57. The summed E-state index contributed by atoms with van der Waals surface area (Å²) in [6, 6.07) is 7.71. The van der Waals surface area contributed by atoms with Crippen LogP contribution in [0.2, 0.25) is 0 Å². The minimum absolute atomic E-state index is 0.275. The average molecular weight is 340 g/mol. The third-order valence-corrected chi connectivity index (χ3v) is 4.45. The highest BCUT2D eigenvalue weighted by atomic mass is 16.5. The van der Waals surface area contributed by atoms with Crippen LogP contribution in [0.25, 0.3) is 0 Å². The molecule has 1 amide bonds. The molecule has 1 aromatic carbocycles. The molecular formula is C19H24N4O2. The smallest absolute Gasteiger partial charge is 0.275 e. The van der Waals surface area contributed by atoms with Gasteiger partial charge in [-0.05, 0) is 25.0 Å². The predicted molar refractivity (Wildman–Crippen MR) is 98.1 cm³/mol. The Morgan fingerprint density at radius 3 is 2.52 bits per heavy atom. The van der Waals surface area contributed by atoms with E-state index in [2.05, 4.69) is 20.6 Å². The van der Waals surface area contributed by atoms with Crippen LogP contribution in [0.4, 0.5) is 11.5 Å². The molecule has 3 rings (SSSR count). The minimum Gasteiger partial charge on any atom is -0.495 e. The lowest BCUT2D eigenvalue weighted by molar-refractivity contribution is 0.102. The van der Waals surface area contributed by atoms with E-state index in [1.165, 1.54) is 31.9 Å². The van der Waals surface area contributed by atoms with Gasteiger partial charge in [-0.2, -0.15) is 0 Å². The molecule has 1 saturated carbocycles. The molecule has 6 nitrogen and oxygen atoms in total. The molecule has 2 aromatic rings. The van der Waals surface area contributed by atoms with Gasteiger partial charge in [-0.25, -0.2) is 9.97 Å². The van der Waals surface area contributed by atoms with Crippen LogP contribution in [0, 0.1) is 0 Å². The number of hydrogen-bond acceptors (Lipinski definition) is 5. The average Bonchev–Trinajstić information content (AvgIpc) is 2.91. The fraction of sp³-hybridized carbons (Fsp3) is 0.421. The van der Waals surface area contributed by atoms with Crippen LogP contribution in [-0.2, 0) is 0 Å². The van der Waals surface area contributed by atoms with Crippen molar-refractivity contribution in [1.29, 1.82) is 0 Å². The molecule has 0 bridgehead atoms. The highest BCUT2D eigenvalue weighted by molar-refractivity contribution is 6.03. The molecular weight excluding hydrogens is 316 g/mol. The van der Waals surface area contributed by atoms with E-state index in [1.807, 2.05) is 12.1 Å². The maximum absolute atomic E-state index is 12.3. The van der Waals surface area contributed by atoms with Crippen molar-refractivity contribution in [3.05, 3.63) is 42.4 Å². The number of ether oxygens (including phenoxy) is 1. The van der Waals surface area contributed by atoms with Crippen molar-refractivity contribution in [2.45, 2.75) is 44.6 Å². The van der Waals surface area contributed by atoms with Crippen LogP contribution < -0.4 is 15.4 Å². The topological polar surface area (TPSA) is 76.1 Å². The molecule has 132 valence electrons. The molecule has 1 aromatic heterocycles. The largest absolute Gasteiger partial charge is 0.495 e. The number of anilines is 2. The van der Waals surface area contributed by atoms with E-state index < -0.39 is 0 Å². The first-order valence-corrected chi connectivity index (χ1v) is 8.79. The van der Waals surface area contributed by atoms with E-state index in [9.17, 15) is 4.79 Å². The number of benzene rings is 1. The molecule has 0 atom stereocenters. The van der Waals surface area contributed by atoms with Gasteiger partial charge in [0, 0.05) is 6.04 Å². The fourth-order valence-electron chi connectivity index (χ4n) is 3.09. The number of carbonyl (C=O) groups is 1. The third kappa shape index (κ3) is 4.68. The van der Waals surface area contributed by atoms with Crippen LogP contribution in [0.1, 0.15) is 49.0 Å². The summed E-state index contributed by atoms with van der Waals surface area (Å²) >= 11 is 0. The molecule has 1 fully saturated rings. The van der Waals surface area contributed by atoms with Crippen molar-refractivity contribution in [3.8, 4) is 5.75 Å². The maximum Gasteiger partial charge on any atom is 0.275 e. The number of aromatic nitrogens is 2. The summed E-state index contributed by atoms with van der Waals surface area (Å²) < 4.78 is 5.24. The number of hydrogen-bond donors (Lipinski definition) is 2. The maximum atomic E-state index is 12.3. The summed E-state index contributed by atoms with van der Waals surface area (Å²) in [5.74, 6) is 1.02.